The number of halogens is 1. The number of nitrogen functional groups attached to an aromatic ring is 1. The van der Waals surface area contributed by atoms with E-state index in [4.69, 9.17) is 19.8 Å². The molecule has 1 aromatic rings. The highest BCUT2D eigenvalue weighted by Gasteiger charge is 2.51. The van der Waals surface area contributed by atoms with Gasteiger partial charge in [0.05, 0.1) is 11.2 Å². The Balaban J connectivity index is 2.27. The first-order valence-electron chi connectivity index (χ1n) is 6.54. The number of ether oxygens (including phenoxy) is 1. The van der Waals surface area contributed by atoms with Crippen LogP contribution >= 0.6 is 0 Å². The lowest BCUT2D eigenvalue weighted by Gasteiger charge is -2.32. The lowest BCUT2D eigenvalue weighted by atomic mass is 9.80. The molecule has 1 saturated heterocycles. The van der Waals surface area contributed by atoms with Gasteiger partial charge in [-0.1, -0.05) is 0 Å². The molecule has 1 aromatic heterocycles. The molecule has 20 heavy (non-hydrogen) atoms. The third kappa shape index (κ3) is 2.74. The first kappa shape index (κ1) is 15.1. The lowest BCUT2D eigenvalue weighted by molar-refractivity contribution is 0.00578. The second-order valence-corrected chi connectivity index (χ2v) is 5.90. The molecule has 0 aromatic carbocycles. The van der Waals surface area contributed by atoms with Crippen LogP contribution in [0.15, 0.2) is 12.3 Å². The van der Waals surface area contributed by atoms with Crippen molar-refractivity contribution in [2.45, 2.75) is 52.2 Å². The third-order valence-corrected chi connectivity index (χ3v) is 3.72. The summed E-state index contributed by atoms with van der Waals surface area (Å²) in [6, 6.07) is 1.60. The van der Waals surface area contributed by atoms with E-state index in [2.05, 4.69) is 4.98 Å². The van der Waals surface area contributed by atoms with Crippen LogP contribution < -0.4 is 15.9 Å². The van der Waals surface area contributed by atoms with Gasteiger partial charge in [-0.3, -0.25) is 0 Å². The van der Waals surface area contributed by atoms with Crippen molar-refractivity contribution in [1.29, 1.82) is 0 Å². The number of rotatable bonds is 3. The summed E-state index contributed by atoms with van der Waals surface area (Å²) in [5, 5.41) is 0. The van der Waals surface area contributed by atoms with Crippen LogP contribution in [0.1, 0.15) is 34.6 Å². The number of aromatic nitrogens is 1. The highest BCUT2D eigenvalue weighted by atomic mass is 19.1. The maximum Gasteiger partial charge on any atom is 0.496 e. The molecular formula is C13H20BFN2O3. The standard InChI is InChI=1S/C13H20BFN2O3/c1-8(15)18-10-6-9(7-17-11(10)16)14-19-12(2,3)13(4,5)20-14/h6-8H,1-5H3,(H2,16,17). The average Bonchev–Trinajstić information content (AvgIpc) is 2.50. The number of nitrogens with zero attached hydrogens (tertiary/aromatic N) is 1. The van der Waals surface area contributed by atoms with E-state index in [-0.39, 0.29) is 11.6 Å². The summed E-state index contributed by atoms with van der Waals surface area (Å²) in [5.41, 5.74) is 5.40. The molecule has 2 rings (SSSR count). The van der Waals surface area contributed by atoms with Crippen molar-refractivity contribution < 1.29 is 18.4 Å². The third-order valence-electron chi connectivity index (χ3n) is 3.72. The zero-order valence-electron chi connectivity index (χ0n) is 12.4. The van der Waals surface area contributed by atoms with E-state index in [1.165, 1.54) is 6.92 Å². The van der Waals surface area contributed by atoms with Crippen molar-refractivity contribution in [3.63, 3.8) is 0 Å². The number of alkyl halides is 1. The summed E-state index contributed by atoms with van der Waals surface area (Å²) in [5.74, 6) is 0.321. The predicted molar refractivity (Wildman–Crippen MR) is 75.6 cm³/mol. The van der Waals surface area contributed by atoms with Crippen LogP contribution in [0.3, 0.4) is 0 Å². The Hall–Kier alpha value is -1.34. The zero-order valence-corrected chi connectivity index (χ0v) is 12.4. The fraction of sp³-hybridized carbons (Fsp3) is 0.615. The van der Waals surface area contributed by atoms with Gasteiger partial charge < -0.3 is 19.8 Å². The fourth-order valence-corrected chi connectivity index (χ4v) is 1.85. The van der Waals surface area contributed by atoms with E-state index >= 15 is 0 Å². The maximum atomic E-state index is 13.0. The lowest BCUT2D eigenvalue weighted by Crippen LogP contribution is -2.41. The van der Waals surface area contributed by atoms with Gasteiger partial charge >= 0.3 is 7.12 Å². The van der Waals surface area contributed by atoms with Crippen LogP contribution in [0.5, 0.6) is 5.75 Å². The highest BCUT2D eigenvalue weighted by Crippen LogP contribution is 2.36. The highest BCUT2D eigenvalue weighted by molar-refractivity contribution is 6.62. The van der Waals surface area contributed by atoms with Crippen LogP contribution in [0.2, 0.25) is 0 Å². The van der Waals surface area contributed by atoms with Crippen molar-refractivity contribution in [2.24, 2.45) is 0 Å². The second-order valence-electron chi connectivity index (χ2n) is 5.90. The van der Waals surface area contributed by atoms with Crippen molar-refractivity contribution >= 4 is 18.4 Å². The topological polar surface area (TPSA) is 66.6 Å². The van der Waals surface area contributed by atoms with Crippen molar-refractivity contribution in [1.82, 2.24) is 4.98 Å². The fourth-order valence-electron chi connectivity index (χ4n) is 1.85. The summed E-state index contributed by atoms with van der Waals surface area (Å²) in [4.78, 5) is 4.00. The van der Waals surface area contributed by atoms with E-state index in [0.717, 1.165) is 0 Å². The van der Waals surface area contributed by atoms with Crippen LogP contribution in [-0.4, -0.2) is 29.7 Å². The Bertz CT molecular complexity index is 492. The Labute approximate surface area is 118 Å². The molecule has 1 unspecified atom stereocenters. The summed E-state index contributed by atoms with van der Waals surface area (Å²) in [6.45, 7) is 9.11. The number of hydrogen-bond acceptors (Lipinski definition) is 5. The van der Waals surface area contributed by atoms with E-state index in [9.17, 15) is 4.39 Å². The van der Waals surface area contributed by atoms with Crippen LogP contribution in [-0.2, 0) is 9.31 Å². The van der Waals surface area contributed by atoms with Crippen molar-refractivity contribution in [3.05, 3.63) is 12.3 Å². The molecule has 7 heteroatoms. The molecular weight excluding hydrogens is 262 g/mol. The molecule has 0 spiro atoms. The quantitative estimate of drug-likeness (QED) is 0.854. The summed E-state index contributed by atoms with van der Waals surface area (Å²) in [6.07, 6.45) is 0.0837. The number of nitrogens with two attached hydrogens (primary N) is 1. The molecule has 0 aliphatic carbocycles. The minimum Gasteiger partial charge on any atom is -0.457 e. The Morgan fingerprint density at radius 2 is 1.85 bits per heavy atom. The SMILES string of the molecule is CC(F)Oc1cc(B2OC(C)(C)C(C)(C)O2)cnc1N. The summed E-state index contributed by atoms with van der Waals surface area (Å²) in [7, 11) is -0.578. The Morgan fingerprint density at radius 3 is 2.35 bits per heavy atom. The van der Waals surface area contributed by atoms with Gasteiger partial charge in [0.1, 0.15) is 0 Å². The van der Waals surface area contributed by atoms with E-state index in [1.54, 1.807) is 12.3 Å². The monoisotopic (exact) mass is 282 g/mol. The van der Waals surface area contributed by atoms with Crippen LogP contribution in [0.25, 0.3) is 0 Å². The van der Waals surface area contributed by atoms with Gasteiger partial charge in [0.2, 0.25) is 6.36 Å². The molecule has 5 nitrogen and oxygen atoms in total. The number of hydrogen-bond donors (Lipinski definition) is 1. The van der Waals surface area contributed by atoms with Gasteiger partial charge in [0, 0.05) is 18.6 Å². The van der Waals surface area contributed by atoms with Crippen LogP contribution in [0.4, 0.5) is 10.2 Å². The summed E-state index contributed by atoms with van der Waals surface area (Å²) >= 11 is 0. The molecule has 1 atom stereocenters. The van der Waals surface area contributed by atoms with E-state index in [1.807, 2.05) is 27.7 Å². The zero-order chi connectivity index (χ0) is 15.1. The van der Waals surface area contributed by atoms with Gasteiger partial charge in [-0.2, -0.15) is 0 Å². The number of pyridine rings is 1. The van der Waals surface area contributed by atoms with Gasteiger partial charge in [0.15, 0.2) is 11.6 Å². The Kier molecular flexibility index (Phi) is 3.68. The van der Waals surface area contributed by atoms with Crippen LogP contribution in [0, 0.1) is 0 Å². The molecule has 1 fully saturated rings. The first-order chi connectivity index (χ1) is 9.12. The first-order valence-corrected chi connectivity index (χ1v) is 6.54. The molecule has 1 aliphatic heterocycles. The van der Waals surface area contributed by atoms with Crippen molar-refractivity contribution in [2.75, 3.05) is 5.73 Å². The van der Waals surface area contributed by atoms with Gasteiger partial charge in [0.25, 0.3) is 0 Å². The predicted octanol–water partition coefficient (Wildman–Crippen LogP) is 1.66. The van der Waals surface area contributed by atoms with Gasteiger partial charge in [-0.15, -0.1) is 0 Å². The molecule has 0 saturated carbocycles. The van der Waals surface area contributed by atoms with E-state index < -0.39 is 24.7 Å². The van der Waals surface area contributed by atoms with Crippen molar-refractivity contribution in [3.8, 4) is 5.75 Å². The number of anilines is 1. The molecule has 1 aliphatic rings. The van der Waals surface area contributed by atoms with Gasteiger partial charge in [-0.05, 0) is 33.8 Å². The second kappa shape index (κ2) is 4.89. The van der Waals surface area contributed by atoms with Gasteiger partial charge in [-0.25, -0.2) is 9.37 Å². The smallest absolute Gasteiger partial charge is 0.457 e. The molecule has 2 heterocycles. The molecule has 2 N–H and O–H groups in total. The molecule has 110 valence electrons. The minimum atomic E-state index is -1.47. The Morgan fingerprint density at radius 1 is 1.30 bits per heavy atom. The maximum absolute atomic E-state index is 13.0. The normalized spacial score (nSPS) is 21.8. The summed E-state index contributed by atoms with van der Waals surface area (Å²) < 4.78 is 29.7. The average molecular weight is 282 g/mol. The molecule has 0 amide bonds. The molecule has 0 radical (unpaired) electrons. The molecule has 0 bridgehead atoms. The van der Waals surface area contributed by atoms with E-state index in [0.29, 0.717) is 5.46 Å². The minimum absolute atomic E-state index is 0.134. The largest absolute Gasteiger partial charge is 0.496 e.